The average molecular weight is 388 g/mol. The van der Waals surface area contributed by atoms with Gasteiger partial charge in [-0.2, -0.15) is 0 Å². The molecule has 2 aromatic carbocycles. The van der Waals surface area contributed by atoms with E-state index in [0.717, 1.165) is 24.8 Å². The molecule has 1 saturated heterocycles. The third kappa shape index (κ3) is 5.01. The van der Waals surface area contributed by atoms with Crippen LogP contribution in [-0.2, 0) is 11.2 Å². The summed E-state index contributed by atoms with van der Waals surface area (Å²) < 4.78 is 5.53. The highest BCUT2D eigenvalue weighted by Gasteiger charge is 2.24. The Morgan fingerprint density at radius 1 is 1.07 bits per heavy atom. The fourth-order valence-corrected chi connectivity index (χ4v) is 3.59. The van der Waals surface area contributed by atoms with Gasteiger partial charge in [0.25, 0.3) is 5.91 Å². The Balaban J connectivity index is 1.49. The fraction of sp³-hybridized carbons (Fsp3) is 0.333. The molecular formula is C21H22ClNO4. The van der Waals surface area contributed by atoms with E-state index in [-0.39, 0.29) is 12.5 Å². The maximum absolute atomic E-state index is 12.4. The van der Waals surface area contributed by atoms with Gasteiger partial charge in [-0.05, 0) is 48.9 Å². The standard InChI is InChI=1S/C21H22ClNO4/c22-18-7-3-4-8-19(18)27-14-20(24)23-11-9-15(10-12-23)13-16-5-1-2-6-17(16)21(25)26/h1-8,15H,9-14H2,(H,25,26). The normalized spacial score (nSPS) is 14.8. The van der Waals surface area contributed by atoms with Crippen LogP contribution in [-0.4, -0.2) is 41.6 Å². The molecule has 0 atom stereocenters. The van der Waals surface area contributed by atoms with Crippen LogP contribution in [0, 0.1) is 5.92 Å². The Bertz CT molecular complexity index is 815. The van der Waals surface area contributed by atoms with Crippen molar-refractivity contribution < 1.29 is 19.4 Å². The molecule has 0 radical (unpaired) electrons. The van der Waals surface area contributed by atoms with Crippen LogP contribution in [0.25, 0.3) is 0 Å². The molecule has 2 aromatic rings. The number of carbonyl (C=O) groups excluding carboxylic acids is 1. The second kappa shape index (κ2) is 8.91. The lowest BCUT2D eigenvalue weighted by atomic mass is 9.88. The number of nitrogens with zero attached hydrogens (tertiary/aromatic N) is 1. The smallest absolute Gasteiger partial charge is 0.335 e. The van der Waals surface area contributed by atoms with Crippen LogP contribution < -0.4 is 4.74 Å². The minimum atomic E-state index is -0.894. The van der Waals surface area contributed by atoms with Gasteiger partial charge in [0.1, 0.15) is 5.75 Å². The number of carboxylic acids is 1. The molecule has 5 nitrogen and oxygen atoms in total. The van der Waals surface area contributed by atoms with Crippen molar-refractivity contribution in [3.8, 4) is 5.75 Å². The Kier molecular flexibility index (Phi) is 6.35. The number of carbonyl (C=O) groups is 2. The molecule has 1 aliphatic heterocycles. The highest BCUT2D eigenvalue weighted by Crippen LogP contribution is 2.25. The molecule has 1 heterocycles. The minimum absolute atomic E-state index is 0.0315. The summed E-state index contributed by atoms with van der Waals surface area (Å²) in [5.74, 6) is -0.0686. The van der Waals surface area contributed by atoms with Gasteiger partial charge in [0.05, 0.1) is 10.6 Å². The number of rotatable bonds is 6. The quantitative estimate of drug-likeness (QED) is 0.816. The number of ether oxygens (including phenoxy) is 1. The topological polar surface area (TPSA) is 66.8 Å². The first kappa shape index (κ1) is 19.2. The molecule has 6 heteroatoms. The van der Waals surface area contributed by atoms with Crippen molar-refractivity contribution in [2.24, 2.45) is 5.92 Å². The monoisotopic (exact) mass is 387 g/mol. The van der Waals surface area contributed by atoms with Gasteiger partial charge in [-0.25, -0.2) is 4.79 Å². The van der Waals surface area contributed by atoms with Crippen molar-refractivity contribution in [3.63, 3.8) is 0 Å². The first-order chi connectivity index (χ1) is 13.0. The summed E-state index contributed by atoms with van der Waals surface area (Å²) in [6.45, 7) is 1.28. The van der Waals surface area contributed by atoms with E-state index in [1.54, 1.807) is 29.2 Å². The van der Waals surface area contributed by atoms with Crippen molar-refractivity contribution in [2.75, 3.05) is 19.7 Å². The zero-order valence-corrected chi connectivity index (χ0v) is 15.7. The predicted octanol–water partition coefficient (Wildman–Crippen LogP) is 3.90. The molecule has 0 aromatic heterocycles. The third-order valence-corrected chi connectivity index (χ3v) is 5.22. The largest absolute Gasteiger partial charge is 0.482 e. The van der Waals surface area contributed by atoms with Crippen LogP contribution in [0.4, 0.5) is 0 Å². The lowest BCUT2D eigenvalue weighted by Crippen LogP contribution is -2.41. The molecule has 0 saturated carbocycles. The van der Waals surface area contributed by atoms with Crippen molar-refractivity contribution >= 4 is 23.5 Å². The van der Waals surface area contributed by atoms with E-state index in [2.05, 4.69) is 0 Å². The molecule has 0 spiro atoms. The van der Waals surface area contributed by atoms with E-state index in [1.807, 2.05) is 24.3 Å². The zero-order valence-electron chi connectivity index (χ0n) is 14.9. The second-order valence-electron chi connectivity index (χ2n) is 6.71. The summed E-state index contributed by atoms with van der Waals surface area (Å²) in [5, 5.41) is 9.79. The number of amides is 1. The Morgan fingerprint density at radius 3 is 2.44 bits per heavy atom. The first-order valence-electron chi connectivity index (χ1n) is 9.01. The van der Waals surface area contributed by atoms with Crippen molar-refractivity contribution in [1.29, 1.82) is 0 Å². The molecule has 3 rings (SSSR count). The molecule has 142 valence electrons. The Hall–Kier alpha value is -2.53. The Morgan fingerprint density at radius 2 is 1.74 bits per heavy atom. The van der Waals surface area contributed by atoms with Gasteiger partial charge >= 0.3 is 5.97 Å². The van der Waals surface area contributed by atoms with Gasteiger partial charge in [-0.15, -0.1) is 0 Å². The number of likely N-dealkylation sites (tertiary alicyclic amines) is 1. The van der Waals surface area contributed by atoms with E-state index in [1.165, 1.54) is 0 Å². The first-order valence-corrected chi connectivity index (χ1v) is 9.38. The van der Waals surface area contributed by atoms with Gasteiger partial charge < -0.3 is 14.7 Å². The van der Waals surface area contributed by atoms with Crippen molar-refractivity contribution in [3.05, 3.63) is 64.7 Å². The lowest BCUT2D eigenvalue weighted by Gasteiger charge is -2.32. The number of carboxylic acid groups (broad SMARTS) is 1. The molecule has 1 fully saturated rings. The van der Waals surface area contributed by atoms with Crippen molar-refractivity contribution in [1.82, 2.24) is 4.90 Å². The van der Waals surface area contributed by atoms with Gasteiger partial charge in [0.15, 0.2) is 6.61 Å². The minimum Gasteiger partial charge on any atom is -0.482 e. The zero-order chi connectivity index (χ0) is 19.2. The van der Waals surface area contributed by atoms with Crippen LogP contribution in [0.5, 0.6) is 5.75 Å². The van der Waals surface area contributed by atoms with E-state index >= 15 is 0 Å². The number of para-hydroxylation sites is 1. The fourth-order valence-electron chi connectivity index (χ4n) is 3.40. The number of aromatic carboxylic acids is 1. The summed E-state index contributed by atoms with van der Waals surface area (Å²) >= 11 is 6.03. The number of benzene rings is 2. The van der Waals surface area contributed by atoms with Crippen LogP contribution >= 0.6 is 11.6 Å². The van der Waals surface area contributed by atoms with Crippen LogP contribution in [0.3, 0.4) is 0 Å². The van der Waals surface area contributed by atoms with Gasteiger partial charge in [0.2, 0.25) is 0 Å². The number of piperidine rings is 1. The second-order valence-corrected chi connectivity index (χ2v) is 7.12. The van der Waals surface area contributed by atoms with E-state index in [9.17, 15) is 14.7 Å². The summed E-state index contributed by atoms with van der Waals surface area (Å²) in [4.78, 5) is 25.5. The maximum atomic E-state index is 12.4. The lowest BCUT2D eigenvalue weighted by molar-refractivity contribution is -0.134. The van der Waals surface area contributed by atoms with E-state index in [0.29, 0.717) is 35.3 Å². The average Bonchev–Trinajstić information content (AvgIpc) is 2.68. The SMILES string of the molecule is O=C(O)c1ccccc1CC1CCN(C(=O)COc2ccccc2Cl)CC1. The van der Waals surface area contributed by atoms with Gasteiger partial charge in [0, 0.05) is 13.1 Å². The molecule has 27 heavy (non-hydrogen) atoms. The summed E-state index contributed by atoms with van der Waals surface area (Å²) in [6, 6.07) is 14.2. The predicted molar refractivity (Wildman–Crippen MR) is 103 cm³/mol. The van der Waals surface area contributed by atoms with Crippen LogP contribution in [0.2, 0.25) is 5.02 Å². The number of halogens is 1. The molecule has 1 N–H and O–H groups in total. The summed E-state index contributed by atoms with van der Waals surface area (Å²) in [7, 11) is 0. The molecule has 1 aliphatic rings. The molecule has 0 bridgehead atoms. The van der Waals surface area contributed by atoms with Gasteiger partial charge in [-0.3, -0.25) is 4.79 Å². The highest BCUT2D eigenvalue weighted by atomic mass is 35.5. The van der Waals surface area contributed by atoms with E-state index < -0.39 is 5.97 Å². The third-order valence-electron chi connectivity index (χ3n) is 4.91. The van der Waals surface area contributed by atoms with Crippen LogP contribution in [0.1, 0.15) is 28.8 Å². The van der Waals surface area contributed by atoms with E-state index in [4.69, 9.17) is 16.3 Å². The summed E-state index contributed by atoms with van der Waals surface area (Å²) in [6.07, 6.45) is 2.43. The molecule has 0 aliphatic carbocycles. The highest BCUT2D eigenvalue weighted by molar-refractivity contribution is 6.32. The molecule has 1 amide bonds. The molecule has 0 unspecified atom stereocenters. The Labute approximate surface area is 163 Å². The maximum Gasteiger partial charge on any atom is 0.335 e. The van der Waals surface area contributed by atoms with Crippen LogP contribution in [0.15, 0.2) is 48.5 Å². The molecular weight excluding hydrogens is 366 g/mol. The number of hydrogen-bond acceptors (Lipinski definition) is 3. The van der Waals surface area contributed by atoms with Gasteiger partial charge in [-0.1, -0.05) is 41.9 Å². The summed E-state index contributed by atoms with van der Waals surface area (Å²) in [5.41, 5.74) is 1.22. The number of hydrogen-bond donors (Lipinski definition) is 1. The van der Waals surface area contributed by atoms with Crippen molar-refractivity contribution in [2.45, 2.75) is 19.3 Å².